The van der Waals surface area contributed by atoms with Crippen LogP contribution >= 0.6 is 0 Å². The van der Waals surface area contributed by atoms with Gasteiger partial charge in [0.1, 0.15) is 22.8 Å². The lowest BCUT2D eigenvalue weighted by Gasteiger charge is -2.12. The average molecular weight is 492 g/mol. The molecule has 0 atom stereocenters. The number of oxazole rings is 1. The van der Waals surface area contributed by atoms with Gasteiger partial charge in [0.2, 0.25) is 5.89 Å². The number of ether oxygens (including phenoxy) is 1. The first kappa shape index (κ1) is 23.8. The number of hydrogen-bond donors (Lipinski definition) is 2. The lowest BCUT2D eigenvalue weighted by molar-refractivity contribution is 0.102. The summed E-state index contributed by atoms with van der Waals surface area (Å²) in [6, 6.07) is 25.9. The maximum atomic E-state index is 13.4. The van der Waals surface area contributed by atoms with Crippen molar-refractivity contribution in [3.8, 4) is 39.7 Å². The van der Waals surface area contributed by atoms with Gasteiger partial charge in [-0.3, -0.25) is 9.59 Å². The molecule has 184 valence electrons. The Morgan fingerprint density at radius 3 is 2.30 bits per heavy atom. The van der Waals surface area contributed by atoms with Gasteiger partial charge in [0.25, 0.3) is 11.5 Å². The third-order valence-corrected chi connectivity index (χ3v) is 6.04. The molecule has 0 radical (unpaired) electrons. The summed E-state index contributed by atoms with van der Waals surface area (Å²) in [5.41, 5.74) is 4.12. The molecule has 2 aromatic heterocycles. The van der Waals surface area contributed by atoms with E-state index in [1.165, 1.54) is 0 Å². The normalized spacial score (nSPS) is 10.8. The van der Waals surface area contributed by atoms with E-state index in [2.05, 4.69) is 15.3 Å². The van der Waals surface area contributed by atoms with E-state index in [9.17, 15) is 9.59 Å². The van der Waals surface area contributed by atoms with Gasteiger partial charge in [-0.05, 0) is 61.9 Å². The van der Waals surface area contributed by atoms with E-state index in [4.69, 9.17) is 9.15 Å². The first-order valence-corrected chi connectivity index (χ1v) is 11.8. The van der Waals surface area contributed by atoms with Crippen LogP contribution in [0.25, 0.3) is 34.0 Å². The molecule has 0 saturated carbocycles. The van der Waals surface area contributed by atoms with Crippen molar-refractivity contribution in [2.75, 3.05) is 12.4 Å². The highest BCUT2D eigenvalue weighted by Gasteiger charge is 2.22. The van der Waals surface area contributed by atoms with Crippen molar-refractivity contribution in [2.24, 2.45) is 0 Å². The molecule has 3 aromatic carbocycles. The van der Waals surface area contributed by atoms with E-state index >= 15 is 0 Å². The fraction of sp³-hybridized carbons (Fsp3) is 0.100. The number of rotatable bonds is 6. The van der Waals surface area contributed by atoms with Gasteiger partial charge in [-0.2, -0.15) is 0 Å². The van der Waals surface area contributed by atoms with Gasteiger partial charge < -0.3 is 19.5 Å². The topological polar surface area (TPSA) is 97.2 Å². The molecule has 0 bridgehead atoms. The summed E-state index contributed by atoms with van der Waals surface area (Å²) in [5.74, 6) is 1.15. The molecule has 7 nitrogen and oxygen atoms in total. The number of amides is 1. The third kappa shape index (κ3) is 4.92. The Labute approximate surface area is 213 Å². The largest absolute Gasteiger partial charge is 0.497 e. The Morgan fingerprint density at radius 1 is 0.919 bits per heavy atom. The van der Waals surface area contributed by atoms with Crippen LogP contribution in [0.4, 0.5) is 5.69 Å². The SMILES string of the molecule is COc1ccc(NC(=O)c2c(-c3ccc(C)cc3)cc(-c3nc(-c4ccccc4)oc3C)[nH]c2=O)cc1. The number of hydrogen-bond acceptors (Lipinski definition) is 5. The maximum absolute atomic E-state index is 13.4. The number of pyridine rings is 1. The Bertz CT molecular complexity index is 1620. The number of aromatic amines is 1. The van der Waals surface area contributed by atoms with Gasteiger partial charge in [0, 0.05) is 16.8 Å². The number of aryl methyl sites for hydroxylation is 2. The molecule has 5 aromatic rings. The number of nitrogens with one attached hydrogen (secondary N) is 2. The lowest BCUT2D eigenvalue weighted by atomic mass is 9.98. The van der Waals surface area contributed by atoms with Crippen molar-refractivity contribution in [1.29, 1.82) is 0 Å². The van der Waals surface area contributed by atoms with E-state index in [0.717, 1.165) is 16.7 Å². The fourth-order valence-corrected chi connectivity index (χ4v) is 4.09. The molecule has 0 spiro atoms. The molecule has 2 heterocycles. The minimum atomic E-state index is -0.525. The average Bonchev–Trinajstić information content (AvgIpc) is 3.31. The van der Waals surface area contributed by atoms with E-state index in [0.29, 0.717) is 40.0 Å². The molecule has 5 rings (SSSR count). The van der Waals surface area contributed by atoms with Crippen LogP contribution in [0.15, 0.2) is 94.1 Å². The van der Waals surface area contributed by atoms with E-state index in [1.54, 1.807) is 44.4 Å². The van der Waals surface area contributed by atoms with Gasteiger partial charge >= 0.3 is 0 Å². The summed E-state index contributed by atoms with van der Waals surface area (Å²) >= 11 is 0. The molecular formula is C30H25N3O4. The highest BCUT2D eigenvalue weighted by molar-refractivity contribution is 6.08. The predicted molar refractivity (Wildman–Crippen MR) is 144 cm³/mol. The van der Waals surface area contributed by atoms with E-state index in [-0.39, 0.29) is 5.56 Å². The van der Waals surface area contributed by atoms with Crippen molar-refractivity contribution in [1.82, 2.24) is 9.97 Å². The molecule has 0 aliphatic heterocycles. The first-order valence-electron chi connectivity index (χ1n) is 11.8. The summed E-state index contributed by atoms with van der Waals surface area (Å²) in [6.07, 6.45) is 0. The second kappa shape index (κ2) is 9.99. The quantitative estimate of drug-likeness (QED) is 0.293. The van der Waals surface area contributed by atoms with Crippen molar-refractivity contribution >= 4 is 11.6 Å². The van der Waals surface area contributed by atoms with Gasteiger partial charge in [-0.25, -0.2) is 4.98 Å². The third-order valence-electron chi connectivity index (χ3n) is 6.04. The maximum Gasteiger partial charge on any atom is 0.261 e. The molecule has 7 heteroatoms. The Hall–Kier alpha value is -4.91. The Kier molecular flexibility index (Phi) is 6.43. The molecule has 1 amide bonds. The van der Waals surface area contributed by atoms with Crippen molar-refractivity contribution in [2.45, 2.75) is 13.8 Å². The molecule has 37 heavy (non-hydrogen) atoms. The van der Waals surface area contributed by atoms with Crippen molar-refractivity contribution in [3.05, 3.63) is 112 Å². The van der Waals surface area contributed by atoms with Crippen LogP contribution in [-0.4, -0.2) is 23.0 Å². The van der Waals surface area contributed by atoms with Gasteiger partial charge in [-0.1, -0.05) is 48.0 Å². The second-order valence-electron chi connectivity index (χ2n) is 8.64. The minimum Gasteiger partial charge on any atom is -0.497 e. The number of carbonyl (C=O) groups excluding carboxylic acids is 1. The number of benzene rings is 3. The monoisotopic (exact) mass is 491 g/mol. The van der Waals surface area contributed by atoms with Gasteiger partial charge in [-0.15, -0.1) is 0 Å². The van der Waals surface area contributed by atoms with Crippen LogP contribution in [0.1, 0.15) is 21.7 Å². The standard InChI is InChI=1S/C30H25N3O4/c1-18-9-11-20(12-10-18)24-17-25(27-19(2)37-30(33-27)21-7-5-4-6-8-21)32-29(35)26(24)28(34)31-22-13-15-23(36-3)16-14-22/h4-17H,1-3H3,(H,31,34)(H,32,35). The minimum absolute atomic E-state index is 0.00727. The van der Waals surface area contributed by atoms with Crippen LogP contribution in [-0.2, 0) is 0 Å². The number of methoxy groups -OCH3 is 1. The van der Waals surface area contributed by atoms with Gasteiger partial charge in [0.15, 0.2) is 0 Å². The number of nitrogens with zero attached hydrogens (tertiary/aromatic N) is 1. The Balaban J connectivity index is 1.60. The fourth-order valence-electron chi connectivity index (χ4n) is 4.09. The molecule has 0 aliphatic carbocycles. The summed E-state index contributed by atoms with van der Waals surface area (Å²) in [5, 5.41) is 2.82. The highest BCUT2D eigenvalue weighted by atomic mass is 16.5. The zero-order valence-electron chi connectivity index (χ0n) is 20.7. The van der Waals surface area contributed by atoms with E-state index in [1.807, 2.05) is 61.5 Å². The number of anilines is 1. The van der Waals surface area contributed by atoms with Gasteiger partial charge in [0.05, 0.1) is 12.8 Å². The smallest absolute Gasteiger partial charge is 0.261 e. The van der Waals surface area contributed by atoms with Crippen LogP contribution < -0.4 is 15.6 Å². The molecule has 0 saturated heterocycles. The summed E-state index contributed by atoms with van der Waals surface area (Å²) < 4.78 is 11.1. The number of H-pyrrole nitrogens is 1. The zero-order valence-corrected chi connectivity index (χ0v) is 20.7. The van der Waals surface area contributed by atoms with Crippen LogP contribution in [0.2, 0.25) is 0 Å². The van der Waals surface area contributed by atoms with Crippen LogP contribution in [0, 0.1) is 13.8 Å². The summed E-state index contributed by atoms with van der Waals surface area (Å²) in [7, 11) is 1.57. The summed E-state index contributed by atoms with van der Waals surface area (Å²) in [6.45, 7) is 3.77. The molecular weight excluding hydrogens is 466 g/mol. The molecule has 0 fully saturated rings. The summed E-state index contributed by atoms with van der Waals surface area (Å²) in [4.78, 5) is 34.3. The second-order valence-corrected chi connectivity index (χ2v) is 8.64. The van der Waals surface area contributed by atoms with Crippen molar-refractivity contribution in [3.63, 3.8) is 0 Å². The first-order chi connectivity index (χ1) is 17.9. The Morgan fingerprint density at radius 2 is 1.62 bits per heavy atom. The number of carbonyl (C=O) groups is 1. The van der Waals surface area contributed by atoms with Crippen LogP contribution in [0.3, 0.4) is 0 Å². The number of aromatic nitrogens is 2. The molecule has 0 aliphatic rings. The predicted octanol–water partition coefficient (Wildman–Crippen LogP) is 6.24. The van der Waals surface area contributed by atoms with E-state index < -0.39 is 11.5 Å². The lowest BCUT2D eigenvalue weighted by Crippen LogP contribution is -2.25. The van der Waals surface area contributed by atoms with Crippen molar-refractivity contribution < 1.29 is 13.9 Å². The zero-order chi connectivity index (χ0) is 25.9. The van der Waals surface area contributed by atoms with Crippen LogP contribution in [0.5, 0.6) is 5.75 Å². The highest BCUT2D eigenvalue weighted by Crippen LogP contribution is 2.31. The molecule has 0 unspecified atom stereocenters. The molecule has 2 N–H and O–H groups in total.